The van der Waals surface area contributed by atoms with Gasteiger partial charge in [0.05, 0.1) is 17.7 Å². The smallest absolute Gasteiger partial charge is 0.221 e. The zero-order valence-electron chi connectivity index (χ0n) is 16.4. The normalized spacial score (nSPS) is 11.6. The van der Waals surface area contributed by atoms with E-state index in [0.29, 0.717) is 11.8 Å². The van der Waals surface area contributed by atoms with Crippen LogP contribution in [0.15, 0.2) is 42.5 Å². The van der Waals surface area contributed by atoms with Gasteiger partial charge >= 0.3 is 3.83 Å². The van der Waals surface area contributed by atoms with Gasteiger partial charge in [0.15, 0.2) is 0 Å². The Morgan fingerprint density at radius 3 is 2.04 bits per heavy atom. The lowest BCUT2D eigenvalue weighted by Gasteiger charge is -2.17. The molecule has 0 aliphatic rings. The molecule has 3 nitrogen and oxygen atoms in total. The molecule has 4 heteroatoms. The summed E-state index contributed by atoms with van der Waals surface area (Å²) in [7, 11) is 2.10. The Bertz CT molecular complexity index is 912. The van der Waals surface area contributed by atoms with Crippen LogP contribution in [0.1, 0.15) is 56.2 Å². The fourth-order valence-electron chi connectivity index (χ4n) is 3.46. The molecule has 2 aromatic carbocycles. The summed E-state index contributed by atoms with van der Waals surface area (Å²) in [6.45, 7) is 11.2. The van der Waals surface area contributed by atoms with E-state index in [1.54, 1.807) is 0 Å². The lowest BCUT2D eigenvalue weighted by Crippen LogP contribution is -2.33. The molecule has 0 spiro atoms. The first-order valence-corrected chi connectivity index (χ1v) is 10.2. The summed E-state index contributed by atoms with van der Waals surface area (Å²) in [5.74, 6) is 1.99. The third-order valence-electron chi connectivity index (χ3n) is 4.92. The minimum Gasteiger partial charge on any atom is -0.221 e. The molecule has 0 aliphatic carbocycles. The molecular formula is C22H27IN3+. The lowest BCUT2D eigenvalue weighted by molar-refractivity contribution is -0.673. The van der Waals surface area contributed by atoms with Crippen molar-refractivity contribution in [2.45, 2.75) is 46.5 Å². The van der Waals surface area contributed by atoms with E-state index in [9.17, 15) is 0 Å². The summed E-state index contributed by atoms with van der Waals surface area (Å²) >= 11 is 2.33. The Hall–Kier alpha value is -1.69. The van der Waals surface area contributed by atoms with Crippen molar-refractivity contribution in [3.05, 3.63) is 63.0 Å². The Labute approximate surface area is 170 Å². The van der Waals surface area contributed by atoms with E-state index in [1.807, 2.05) is 0 Å². The molecular weight excluding hydrogens is 433 g/mol. The summed E-state index contributed by atoms with van der Waals surface area (Å²) in [4.78, 5) is 0. The van der Waals surface area contributed by atoms with Gasteiger partial charge in [0.25, 0.3) is 5.82 Å². The Balaban J connectivity index is 2.40. The highest BCUT2D eigenvalue weighted by Crippen LogP contribution is 2.33. The average molecular weight is 460 g/mol. The van der Waals surface area contributed by atoms with Crippen molar-refractivity contribution in [3.8, 4) is 17.1 Å². The molecule has 0 saturated heterocycles. The minimum absolute atomic E-state index is 0.431. The second-order valence-corrected chi connectivity index (χ2v) is 8.44. The van der Waals surface area contributed by atoms with Crippen LogP contribution in [0.25, 0.3) is 17.1 Å². The van der Waals surface area contributed by atoms with E-state index >= 15 is 0 Å². The molecule has 0 radical (unpaired) electrons. The van der Waals surface area contributed by atoms with Crippen LogP contribution in [0.3, 0.4) is 0 Å². The summed E-state index contributed by atoms with van der Waals surface area (Å²) in [6.07, 6.45) is 0. The number of hydrogen-bond acceptors (Lipinski definition) is 1. The van der Waals surface area contributed by atoms with Crippen LogP contribution in [0.2, 0.25) is 0 Å². The maximum Gasteiger partial charge on any atom is 0.337 e. The molecule has 0 unspecified atom stereocenters. The SMILES string of the molecule is Cc1ccccc1-c1n(-c2c(C(C)C)cccc2C(C)C)nc(I)[n+]1C. The number of hydrogen-bond donors (Lipinski definition) is 0. The van der Waals surface area contributed by atoms with E-state index in [4.69, 9.17) is 5.10 Å². The first kappa shape index (κ1) is 19.1. The largest absolute Gasteiger partial charge is 0.337 e. The third-order valence-corrected chi connectivity index (χ3v) is 5.86. The van der Waals surface area contributed by atoms with Gasteiger partial charge in [-0.25, -0.2) is 4.57 Å². The Kier molecular flexibility index (Phi) is 5.51. The number of aryl methyl sites for hydroxylation is 1. The maximum atomic E-state index is 4.95. The van der Waals surface area contributed by atoms with Gasteiger partial charge in [0, 0.05) is 22.6 Å². The van der Waals surface area contributed by atoms with E-state index < -0.39 is 0 Å². The molecule has 0 amide bonds. The first-order valence-electron chi connectivity index (χ1n) is 9.16. The van der Waals surface area contributed by atoms with Gasteiger partial charge in [0.1, 0.15) is 5.69 Å². The van der Waals surface area contributed by atoms with E-state index in [0.717, 1.165) is 9.66 Å². The predicted octanol–water partition coefficient (Wildman–Crippen LogP) is 5.52. The van der Waals surface area contributed by atoms with Crippen LogP contribution in [0.4, 0.5) is 0 Å². The Morgan fingerprint density at radius 2 is 1.50 bits per heavy atom. The molecule has 3 aromatic rings. The number of halogens is 1. The van der Waals surface area contributed by atoms with Crippen LogP contribution >= 0.6 is 22.6 Å². The topological polar surface area (TPSA) is 21.7 Å². The highest BCUT2D eigenvalue weighted by Gasteiger charge is 2.30. The van der Waals surface area contributed by atoms with Gasteiger partial charge in [0.2, 0.25) is 0 Å². The van der Waals surface area contributed by atoms with Gasteiger partial charge < -0.3 is 0 Å². The number of rotatable bonds is 4. The molecule has 0 bridgehead atoms. The molecule has 136 valence electrons. The van der Waals surface area contributed by atoms with Crippen molar-refractivity contribution >= 4 is 22.6 Å². The molecule has 0 atom stereocenters. The second-order valence-electron chi connectivity index (χ2n) is 7.47. The van der Waals surface area contributed by atoms with Crippen molar-refractivity contribution in [3.63, 3.8) is 0 Å². The molecule has 0 saturated carbocycles. The first-order chi connectivity index (χ1) is 12.3. The Morgan fingerprint density at radius 1 is 0.923 bits per heavy atom. The summed E-state index contributed by atoms with van der Waals surface area (Å²) in [5, 5.41) is 4.95. The van der Waals surface area contributed by atoms with Crippen molar-refractivity contribution < 1.29 is 4.57 Å². The lowest BCUT2D eigenvalue weighted by atomic mass is 9.92. The fraction of sp³-hybridized carbons (Fsp3) is 0.364. The standard InChI is InChI=1S/C22H27IN3/c1-14(2)17-12-9-13-18(15(3)4)20(17)26-21(25(6)22(23)24-26)19-11-8-7-10-16(19)5/h7-15H,1-6H3/q+1. The highest BCUT2D eigenvalue weighted by molar-refractivity contribution is 14.1. The van der Waals surface area contributed by atoms with Crippen LogP contribution in [-0.2, 0) is 7.05 Å². The molecule has 0 fully saturated rings. The molecule has 0 N–H and O–H groups in total. The van der Waals surface area contributed by atoms with E-state index in [1.165, 1.54) is 27.9 Å². The van der Waals surface area contributed by atoms with Crippen molar-refractivity contribution in [2.75, 3.05) is 0 Å². The summed E-state index contributed by atoms with van der Waals surface area (Å²) in [5.41, 5.74) is 6.39. The van der Waals surface area contributed by atoms with Gasteiger partial charge in [-0.3, -0.25) is 0 Å². The molecule has 1 heterocycles. The molecule has 26 heavy (non-hydrogen) atoms. The van der Waals surface area contributed by atoms with Gasteiger partial charge in [-0.1, -0.05) is 68.8 Å². The molecule has 0 aliphatic heterocycles. The summed E-state index contributed by atoms with van der Waals surface area (Å²) < 4.78 is 5.33. The van der Waals surface area contributed by atoms with Crippen LogP contribution in [-0.4, -0.2) is 9.78 Å². The number of nitrogens with zero attached hydrogens (tertiary/aromatic N) is 3. The van der Waals surface area contributed by atoms with Crippen molar-refractivity contribution in [1.82, 2.24) is 9.78 Å². The number of benzene rings is 2. The van der Waals surface area contributed by atoms with Gasteiger partial charge in [-0.05, 0) is 41.5 Å². The van der Waals surface area contributed by atoms with Crippen LogP contribution < -0.4 is 4.57 Å². The predicted molar refractivity (Wildman–Crippen MR) is 116 cm³/mol. The van der Waals surface area contributed by atoms with Gasteiger partial charge in [-0.15, -0.1) is 0 Å². The monoisotopic (exact) mass is 460 g/mol. The number of aromatic nitrogens is 3. The van der Waals surface area contributed by atoms with E-state index in [2.05, 4.69) is 116 Å². The second kappa shape index (κ2) is 7.51. The van der Waals surface area contributed by atoms with Gasteiger partial charge in [-0.2, -0.15) is 0 Å². The van der Waals surface area contributed by atoms with E-state index in [-0.39, 0.29) is 0 Å². The zero-order valence-corrected chi connectivity index (χ0v) is 18.6. The van der Waals surface area contributed by atoms with Crippen LogP contribution in [0.5, 0.6) is 0 Å². The maximum absolute atomic E-state index is 4.95. The summed E-state index contributed by atoms with van der Waals surface area (Å²) in [6, 6.07) is 15.2. The fourth-order valence-corrected chi connectivity index (χ4v) is 3.90. The minimum atomic E-state index is 0.431. The zero-order chi connectivity index (χ0) is 19.0. The molecule has 1 aromatic heterocycles. The number of para-hydroxylation sites is 1. The highest BCUT2D eigenvalue weighted by atomic mass is 127. The van der Waals surface area contributed by atoms with Crippen molar-refractivity contribution in [1.29, 1.82) is 0 Å². The quantitative estimate of drug-likeness (QED) is 0.371. The van der Waals surface area contributed by atoms with Crippen LogP contribution in [0, 0.1) is 10.8 Å². The van der Waals surface area contributed by atoms with Crippen molar-refractivity contribution in [2.24, 2.45) is 7.05 Å². The third kappa shape index (κ3) is 3.31. The average Bonchev–Trinajstić information content (AvgIpc) is 2.89. The molecule has 3 rings (SSSR count).